The molecule has 0 radical (unpaired) electrons. The van der Waals surface area contributed by atoms with Crippen molar-refractivity contribution in [1.82, 2.24) is 20.4 Å². The van der Waals surface area contributed by atoms with Crippen molar-refractivity contribution in [3.05, 3.63) is 36.0 Å². The number of carbonyl (C=O) groups excluding carboxylic acids is 2. The number of amides is 2. The van der Waals surface area contributed by atoms with Gasteiger partial charge in [0.2, 0.25) is 23.6 Å². The summed E-state index contributed by atoms with van der Waals surface area (Å²) in [6.45, 7) is 1.20. The van der Waals surface area contributed by atoms with Crippen molar-refractivity contribution in [2.75, 3.05) is 13.1 Å². The highest BCUT2D eigenvalue weighted by Crippen LogP contribution is 2.30. The van der Waals surface area contributed by atoms with E-state index in [2.05, 4.69) is 15.5 Å². The van der Waals surface area contributed by atoms with Crippen LogP contribution in [0.15, 0.2) is 28.7 Å². The number of piperidine rings is 1. The number of rotatable bonds is 3. The molecule has 2 fully saturated rings. The van der Waals surface area contributed by atoms with Gasteiger partial charge < -0.3 is 14.6 Å². The van der Waals surface area contributed by atoms with E-state index in [1.165, 1.54) is 12.1 Å². The molecule has 4 rings (SSSR count). The van der Waals surface area contributed by atoms with Gasteiger partial charge in [-0.2, -0.15) is 0 Å². The Labute approximate surface area is 149 Å². The lowest BCUT2D eigenvalue weighted by Gasteiger charge is -2.32. The van der Waals surface area contributed by atoms with Gasteiger partial charge in [0.1, 0.15) is 11.9 Å². The monoisotopic (exact) mass is 358 g/mol. The first-order valence-corrected chi connectivity index (χ1v) is 8.77. The van der Waals surface area contributed by atoms with Crippen LogP contribution in [0.1, 0.15) is 37.5 Å². The average Bonchev–Trinajstić information content (AvgIpc) is 3.31. The Balaban J connectivity index is 1.37. The number of halogens is 1. The maximum atomic E-state index is 13.0. The number of benzene rings is 1. The highest BCUT2D eigenvalue weighted by atomic mass is 19.1. The van der Waals surface area contributed by atoms with Gasteiger partial charge in [-0.1, -0.05) is 0 Å². The SMILES string of the molecule is O=C1CCC(C(=O)N2CCC(c3nnc(-c4ccc(F)cc4)o3)CC2)N1. The topological polar surface area (TPSA) is 88.3 Å². The zero-order valence-electron chi connectivity index (χ0n) is 14.2. The third-order valence-electron chi connectivity index (χ3n) is 4.98. The summed E-state index contributed by atoms with van der Waals surface area (Å²) < 4.78 is 18.8. The molecule has 1 unspecified atom stereocenters. The van der Waals surface area contributed by atoms with Gasteiger partial charge in [-0.3, -0.25) is 9.59 Å². The third-order valence-corrected chi connectivity index (χ3v) is 4.98. The van der Waals surface area contributed by atoms with Crippen molar-refractivity contribution in [3.63, 3.8) is 0 Å². The van der Waals surface area contributed by atoms with E-state index in [1.54, 1.807) is 17.0 Å². The first-order valence-electron chi connectivity index (χ1n) is 8.77. The zero-order valence-corrected chi connectivity index (χ0v) is 14.2. The minimum Gasteiger partial charge on any atom is -0.420 e. The number of hydrogen-bond acceptors (Lipinski definition) is 5. The van der Waals surface area contributed by atoms with Crippen molar-refractivity contribution in [3.8, 4) is 11.5 Å². The second-order valence-electron chi connectivity index (χ2n) is 6.71. The molecular weight excluding hydrogens is 339 g/mol. The quantitative estimate of drug-likeness (QED) is 0.905. The molecule has 3 heterocycles. The first kappa shape index (κ1) is 16.7. The van der Waals surface area contributed by atoms with E-state index in [4.69, 9.17) is 4.42 Å². The molecule has 2 aliphatic rings. The second-order valence-corrected chi connectivity index (χ2v) is 6.71. The van der Waals surface area contributed by atoms with Crippen LogP contribution in [0.3, 0.4) is 0 Å². The van der Waals surface area contributed by atoms with E-state index in [9.17, 15) is 14.0 Å². The van der Waals surface area contributed by atoms with E-state index in [1.807, 2.05) is 0 Å². The van der Waals surface area contributed by atoms with Crippen LogP contribution in [-0.4, -0.2) is 46.0 Å². The van der Waals surface area contributed by atoms with Crippen LogP contribution < -0.4 is 5.32 Å². The molecule has 2 aromatic rings. The number of nitrogens with zero attached hydrogens (tertiary/aromatic N) is 3. The number of likely N-dealkylation sites (tertiary alicyclic amines) is 1. The van der Waals surface area contributed by atoms with Gasteiger partial charge in [0.05, 0.1) is 0 Å². The fourth-order valence-corrected chi connectivity index (χ4v) is 3.48. The van der Waals surface area contributed by atoms with Crippen LogP contribution in [0.25, 0.3) is 11.5 Å². The number of aromatic nitrogens is 2. The summed E-state index contributed by atoms with van der Waals surface area (Å²) in [6, 6.07) is 5.52. The van der Waals surface area contributed by atoms with Crippen LogP contribution >= 0.6 is 0 Å². The minimum absolute atomic E-state index is 0.00756. The Bertz CT molecular complexity index is 812. The summed E-state index contributed by atoms with van der Waals surface area (Å²) >= 11 is 0. The molecule has 0 spiro atoms. The molecule has 1 atom stereocenters. The zero-order chi connectivity index (χ0) is 18.1. The van der Waals surface area contributed by atoms with E-state index < -0.39 is 0 Å². The van der Waals surface area contributed by atoms with Gasteiger partial charge >= 0.3 is 0 Å². The second kappa shape index (κ2) is 6.86. The molecule has 7 nitrogen and oxygen atoms in total. The molecule has 1 N–H and O–H groups in total. The summed E-state index contributed by atoms with van der Waals surface area (Å²) in [5.74, 6) is 0.630. The lowest BCUT2D eigenvalue weighted by Crippen LogP contribution is -2.47. The lowest BCUT2D eigenvalue weighted by atomic mass is 9.96. The van der Waals surface area contributed by atoms with Gasteiger partial charge in [-0.15, -0.1) is 10.2 Å². The molecule has 0 saturated carbocycles. The lowest BCUT2D eigenvalue weighted by molar-refractivity contribution is -0.135. The molecular formula is C18H19FN4O3. The van der Waals surface area contributed by atoms with Crippen molar-refractivity contribution in [1.29, 1.82) is 0 Å². The van der Waals surface area contributed by atoms with Crippen molar-refractivity contribution in [2.45, 2.75) is 37.6 Å². The van der Waals surface area contributed by atoms with Gasteiger partial charge in [-0.25, -0.2) is 4.39 Å². The van der Waals surface area contributed by atoms with Crippen molar-refractivity contribution < 1.29 is 18.4 Å². The molecule has 2 amide bonds. The Morgan fingerprint density at radius 2 is 1.88 bits per heavy atom. The highest BCUT2D eigenvalue weighted by molar-refractivity contribution is 5.90. The number of hydrogen-bond donors (Lipinski definition) is 1. The number of carbonyl (C=O) groups is 2. The molecule has 2 saturated heterocycles. The van der Waals surface area contributed by atoms with Gasteiger partial charge in [-0.05, 0) is 43.5 Å². The Kier molecular flexibility index (Phi) is 4.40. The molecule has 136 valence electrons. The first-order chi connectivity index (χ1) is 12.6. The smallest absolute Gasteiger partial charge is 0.247 e. The summed E-state index contributed by atoms with van der Waals surface area (Å²) in [4.78, 5) is 25.5. The average molecular weight is 358 g/mol. The predicted molar refractivity (Wildman–Crippen MR) is 89.4 cm³/mol. The Hall–Kier alpha value is -2.77. The summed E-state index contributed by atoms with van der Waals surface area (Å²) in [6.07, 6.45) is 2.46. The fraction of sp³-hybridized carbons (Fsp3) is 0.444. The van der Waals surface area contributed by atoms with Crippen LogP contribution in [-0.2, 0) is 9.59 Å². The molecule has 8 heteroatoms. The minimum atomic E-state index is -0.382. The molecule has 1 aromatic heterocycles. The van der Waals surface area contributed by atoms with Gasteiger partial charge in [0.25, 0.3) is 0 Å². The summed E-state index contributed by atoms with van der Waals surface area (Å²) in [7, 11) is 0. The Morgan fingerprint density at radius 3 is 2.54 bits per heavy atom. The van der Waals surface area contributed by atoms with Gasteiger partial charge in [0.15, 0.2) is 0 Å². The molecule has 0 aliphatic carbocycles. The molecule has 1 aromatic carbocycles. The van der Waals surface area contributed by atoms with E-state index in [-0.39, 0.29) is 29.6 Å². The third kappa shape index (κ3) is 3.31. The molecule has 2 aliphatic heterocycles. The predicted octanol–water partition coefficient (Wildman–Crippen LogP) is 1.86. The molecule has 26 heavy (non-hydrogen) atoms. The highest BCUT2D eigenvalue weighted by Gasteiger charge is 2.34. The van der Waals surface area contributed by atoms with Crippen molar-refractivity contribution >= 4 is 11.8 Å². The maximum Gasteiger partial charge on any atom is 0.247 e. The van der Waals surface area contributed by atoms with Crippen LogP contribution in [0.2, 0.25) is 0 Å². The molecule has 0 bridgehead atoms. The van der Waals surface area contributed by atoms with E-state index in [0.29, 0.717) is 43.3 Å². The normalized spacial score (nSPS) is 21.0. The van der Waals surface area contributed by atoms with Crippen LogP contribution in [0.5, 0.6) is 0 Å². The van der Waals surface area contributed by atoms with Crippen molar-refractivity contribution in [2.24, 2.45) is 0 Å². The number of nitrogens with one attached hydrogen (secondary N) is 1. The van der Waals surface area contributed by atoms with E-state index >= 15 is 0 Å². The Morgan fingerprint density at radius 1 is 1.15 bits per heavy atom. The largest absolute Gasteiger partial charge is 0.420 e. The standard InChI is InChI=1S/C18H19FN4O3/c19-13-3-1-11(2-4-13)16-21-22-17(26-16)12-7-9-23(10-8-12)18(25)14-5-6-15(24)20-14/h1-4,12,14H,5-10H2,(H,20,24). The van der Waals surface area contributed by atoms with Crippen LogP contribution in [0, 0.1) is 5.82 Å². The van der Waals surface area contributed by atoms with Gasteiger partial charge in [0, 0.05) is 31.0 Å². The maximum absolute atomic E-state index is 13.0. The fourth-order valence-electron chi connectivity index (χ4n) is 3.48. The van der Waals surface area contributed by atoms with Crippen LogP contribution in [0.4, 0.5) is 4.39 Å². The summed E-state index contributed by atoms with van der Waals surface area (Å²) in [5.41, 5.74) is 0.676. The summed E-state index contributed by atoms with van der Waals surface area (Å²) in [5, 5.41) is 10.9. The van der Waals surface area contributed by atoms with E-state index in [0.717, 1.165) is 12.8 Å².